The quantitative estimate of drug-likeness (QED) is 0.500. The number of hydrogen-bond donors (Lipinski definition) is 2. The average molecular weight is 502 g/mol. The molecule has 8 nitrogen and oxygen atoms in total. The Bertz CT molecular complexity index is 1360. The zero-order valence-corrected chi connectivity index (χ0v) is 20.1. The highest BCUT2D eigenvalue weighted by atomic mass is 35.5. The van der Waals surface area contributed by atoms with E-state index in [0.29, 0.717) is 28.0 Å². The third kappa shape index (κ3) is 4.63. The minimum Gasteiger partial charge on any atom is -0.497 e. The normalized spacial score (nSPS) is 17.8. The molecule has 1 amide bonds. The van der Waals surface area contributed by atoms with Crippen LogP contribution in [0.5, 0.6) is 5.75 Å². The second-order valence-corrected chi connectivity index (χ2v) is 9.24. The summed E-state index contributed by atoms with van der Waals surface area (Å²) in [5, 5.41) is 0. The van der Waals surface area contributed by atoms with E-state index in [1.807, 2.05) is 48.5 Å². The van der Waals surface area contributed by atoms with Gasteiger partial charge in [-0.1, -0.05) is 48.5 Å². The summed E-state index contributed by atoms with van der Waals surface area (Å²) in [6.07, 6.45) is 0. The second kappa shape index (κ2) is 9.46. The van der Waals surface area contributed by atoms with E-state index in [1.54, 1.807) is 31.3 Å². The standard InChI is InChI=1S/C24H23N3O5S.ClH/c1-27-22(28)24(26-23(27)25,19-8-4-3-5-9-19)20-10-6-7-17(13-20)18-11-16(15-33(29,30)31)12-21(14-18)32-2;/h3-14H,15H2,1-2H3,(H2,25,26)(H,29,30,31);1H. The van der Waals surface area contributed by atoms with Crippen LogP contribution in [0, 0.1) is 0 Å². The van der Waals surface area contributed by atoms with Crippen LogP contribution in [0.3, 0.4) is 0 Å². The van der Waals surface area contributed by atoms with Gasteiger partial charge in [0, 0.05) is 7.05 Å². The Hall–Kier alpha value is -3.40. The van der Waals surface area contributed by atoms with Crippen molar-refractivity contribution in [3.8, 4) is 16.9 Å². The summed E-state index contributed by atoms with van der Waals surface area (Å²) < 4.78 is 37.4. The summed E-state index contributed by atoms with van der Waals surface area (Å²) in [6, 6.07) is 21.4. The molecule has 1 heterocycles. The van der Waals surface area contributed by atoms with Gasteiger partial charge < -0.3 is 10.5 Å². The van der Waals surface area contributed by atoms with Crippen LogP contribution in [-0.4, -0.2) is 43.9 Å². The highest BCUT2D eigenvalue weighted by Gasteiger charge is 2.49. The Morgan fingerprint density at radius 1 is 1.00 bits per heavy atom. The van der Waals surface area contributed by atoms with Gasteiger partial charge in [-0.05, 0) is 52.1 Å². The first-order valence-corrected chi connectivity index (χ1v) is 11.7. The van der Waals surface area contributed by atoms with Gasteiger partial charge in [0.15, 0.2) is 11.5 Å². The first-order chi connectivity index (χ1) is 15.6. The predicted molar refractivity (Wildman–Crippen MR) is 133 cm³/mol. The number of carbonyl (C=O) groups excluding carboxylic acids is 1. The number of benzene rings is 3. The van der Waals surface area contributed by atoms with E-state index in [2.05, 4.69) is 4.99 Å². The lowest BCUT2D eigenvalue weighted by molar-refractivity contribution is -0.129. The van der Waals surface area contributed by atoms with Crippen molar-refractivity contribution in [2.75, 3.05) is 14.2 Å². The number of hydrogen-bond acceptors (Lipinski definition) is 6. The van der Waals surface area contributed by atoms with Crippen molar-refractivity contribution in [3.05, 3.63) is 89.5 Å². The molecule has 0 aromatic heterocycles. The molecule has 178 valence electrons. The topological polar surface area (TPSA) is 122 Å². The number of nitrogens with two attached hydrogens (primary N) is 1. The lowest BCUT2D eigenvalue weighted by Gasteiger charge is -2.26. The number of carbonyl (C=O) groups is 1. The van der Waals surface area contributed by atoms with E-state index in [4.69, 9.17) is 10.5 Å². The van der Waals surface area contributed by atoms with Crippen LogP contribution in [-0.2, 0) is 26.2 Å². The summed E-state index contributed by atoms with van der Waals surface area (Å²) in [5.74, 6) is -0.269. The summed E-state index contributed by atoms with van der Waals surface area (Å²) in [5.41, 5.74) is 7.74. The Balaban J connectivity index is 0.00000324. The molecule has 1 aliphatic rings. The van der Waals surface area contributed by atoms with Gasteiger partial charge in [0.2, 0.25) is 0 Å². The number of guanidine groups is 1. The van der Waals surface area contributed by atoms with Crippen molar-refractivity contribution in [1.82, 2.24) is 4.90 Å². The summed E-state index contributed by atoms with van der Waals surface area (Å²) >= 11 is 0. The number of ether oxygens (including phenoxy) is 1. The first kappa shape index (κ1) is 25.2. The zero-order chi connectivity index (χ0) is 23.8. The highest BCUT2D eigenvalue weighted by Crippen LogP contribution is 2.40. The molecular weight excluding hydrogens is 478 g/mol. The zero-order valence-electron chi connectivity index (χ0n) is 18.5. The summed E-state index contributed by atoms with van der Waals surface area (Å²) in [7, 11) is -1.17. The van der Waals surface area contributed by atoms with Crippen LogP contribution >= 0.6 is 12.4 Å². The third-order valence-corrected chi connectivity index (χ3v) is 6.29. The van der Waals surface area contributed by atoms with Crippen LogP contribution < -0.4 is 10.5 Å². The van der Waals surface area contributed by atoms with Crippen molar-refractivity contribution < 1.29 is 22.5 Å². The molecule has 10 heteroatoms. The number of nitrogens with zero attached hydrogens (tertiary/aromatic N) is 2. The fourth-order valence-corrected chi connectivity index (χ4v) is 4.61. The maximum atomic E-state index is 13.4. The molecular formula is C24H24ClN3O5S. The Morgan fingerprint density at radius 2 is 1.68 bits per heavy atom. The van der Waals surface area contributed by atoms with Crippen molar-refractivity contribution in [1.29, 1.82) is 0 Å². The Labute approximate surface area is 204 Å². The molecule has 0 spiro atoms. The van der Waals surface area contributed by atoms with Gasteiger partial charge in [-0.3, -0.25) is 14.2 Å². The largest absolute Gasteiger partial charge is 0.497 e. The van der Waals surface area contributed by atoms with E-state index in [1.165, 1.54) is 12.0 Å². The Kier molecular flexibility index (Phi) is 7.02. The number of methoxy groups -OCH3 is 1. The fourth-order valence-electron chi connectivity index (χ4n) is 4.03. The number of likely N-dealkylation sites (N-methyl/N-ethyl adjacent to an activating group) is 1. The number of aliphatic imine (C=N–C) groups is 1. The molecule has 4 rings (SSSR count). The van der Waals surface area contributed by atoms with E-state index in [0.717, 1.165) is 5.56 Å². The monoisotopic (exact) mass is 501 g/mol. The smallest absolute Gasteiger partial charge is 0.269 e. The van der Waals surface area contributed by atoms with Crippen LogP contribution in [0.25, 0.3) is 11.1 Å². The van der Waals surface area contributed by atoms with E-state index in [-0.39, 0.29) is 24.3 Å². The van der Waals surface area contributed by atoms with Crippen LogP contribution in [0.4, 0.5) is 0 Å². The number of rotatable bonds is 6. The third-order valence-electron chi connectivity index (χ3n) is 5.60. The summed E-state index contributed by atoms with van der Waals surface area (Å²) in [4.78, 5) is 19.3. The average Bonchev–Trinajstić information content (AvgIpc) is 3.03. The van der Waals surface area contributed by atoms with Gasteiger partial charge in [-0.15, -0.1) is 12.4 Å². The fraction of sp³-hybridized carbons (Fsp3) is 0.167. The van der Waals surface area contributed by atoms with Crippen LogP contribution in [0.1, 0.15) is 16.7 Å². The minimum atomic E-state index is -4.23. The van der Waals surface area contributed by atoms with Gasteiger partial charge in [0.1, 0.15) is 11.5 Å². The molecule has 0 saturated carbocycles. The van der Waals surface area contributed by atoms with Gasteiger partial charge >= 0.3 is 0 Å². The molecule has 3 aromatic carbocycles. The molecule has 0 aliphatic carbocycles. The van der Waals surface area contributed by atoms with E-state index in [9.17, 15) is 17.8 Å². The molecule has 0 radical (unpaired) electrons. The molecule has 1 aliphatic heterocycles. The maximum absolute atomic E-state index is 13.4. The molecule has 3 N–H and O–H groups in total. The van der Waals surface area contributed by atoms with Gasteiger partial charge in [0.05, 0.1) is 7.11 Å². The van der Waals surface area contributed by atoms with Gasteiger partial charge in [-0.2, -0.15) is 8.42 Å². The summed E-state index contributed by atoms with van der Waals surface area (Å²) in [6.45, 7) is 0. The SMILES string of the molecule is COc1cc(CS(=O)(=O)O)cc(-c2cccc(C3(c4ccccc4)N=C(N)N(C)C3=O)c2)c1.Cl. The van der Waals surface area contributed by atoms with Crippen LogP contribution in [0.2, 0.25) is 0 Å². The van der Waals surface area contributed by atoms with E-state index < -0.39 is 21.4 Å². The molecule has 0 bridgehead atoms. The Morgan fingerprint density at radius 3 is 2.26 bits per heavy atom. The van der Waals surface area contributed by atoms with Crippen molar-refractivity contribution >= 4 is 34.4 Å². The predicted octanol–water partition coefficient (Wildman–Crippen LogP) is 3.20. The van der Waals surface area contributed by atoms with Gasteiger partial charge in [0.25, 0.3) is 16.0 Å². The number of halogens is 1. The van der Waals surface area contributed by atoms with Crippen molar-refractivity contribution in [2.24, 2.45) is 10.7 Å². The molecule has 3 aromatic rings. The molecule has 34 heavy (non-hydrogen) atoms. The first-order valence-electron chi connectivity index (χ1n) is 10.1. The minimum absolute atomic E-state index is 0. The highest BCUT2D eigenvalue weighted by molar-refractivity contribution is 7.85. The van der Waals surface area contributed by atoms with E-state index >= 15 is 0 Å². The molecule has 0 saturated heterocycles. The second-order valence-electron chi connectivity index (χ2n) is 7.79. The number of amides is 1. The van der Waals surface area contributed by atoms with Gasteiger partial charge in [-0.25, -0.2) is 4.99 Å². The van der Waals surface area contributed by atoms with Crippen molar-refractivity contribution in [3.63, 3.8) is 0 Å². The lowest BCUT2D eigenvalue weighted by Crippen LogP contribution is -2.41. The lowest BCUT2D eigenvalue weighted by atomic mass is 9.81. The van der Waals surface area contributed by atoms with Crippen LogP contribution in [0.15, 0.2) is 77.8 Å². The maximum Gasteiger partial charge on any atom is 0.269 e. The molecule has 1 atom stereocenters. The van der Waals surface area contributed by atoms with Crippen molar-refractivity contribution in [2.45, 2.75) is 11.3 Å². The molecule has 1 unspecified atom stereocenters. The molecule has 0 fully saturated rings.